The third-order valence-electron chi connectivity index (χ3n) is 2.78. The van der Waals surface area contributed by atoms with Crippen LogP contribution in [0.25, 0.3) is 10.8 Å². The zero-order valence-corrected chi connectivity index (χ0v) is 10.5. The van der Waals surface area contributed by atoms with Crippen molar-refractivity contribution in [2.75, 3.05) is 6.61 Å². The second kappa shape index (κ2) is 6.05. The molecule has 3 nitrogen and oxygen atoms in total. The van der Waals surface area contributed by atoms with Crippen LogP contribution >= 0.6 is 0 Å². The van der Waals surface area contributed by atoms with Gasteiger partial charge in [0.1, 0.15) is 5.75 Å². The van der Waals surface area contributed by atoms with Crippen LogP contribution in [0.4, 0.5) is 0 Å². The molecule has 0 unspecified atom stereocenters. The largest absolute Gasteiger partial charge is 0.491 e. The van der Waals surface area contributed by atoms with Crippen molar-refractivity contribution in [2.45, 2.75) is 19.8 Å². The third kappa shape index (κ3) is 2.80. The highest BCUT2D eigenvalue weighted by Crippen LogP contribution is 2.21. The van der Waals surface area contributed by atoms with Gasteiger partial charge in [0.25, 0.3) is 5.56 Å². The first kappa shape index (κ1) is 12.4. The molecule has 0 spiro atoms. The number of allylic oxidation sites excluding steroid dienone is 2. The number of aromatic nitrogens is 1. The number of nitrogens with one attached hydrogen (secondary N) is 1. The fraction of sp³-hybridized carbons (Fsp3) is 0.267. The van der Waals surface area contributed by atoms with Crippen molar-refractivity contribution in [3.05, 3.63) is 53.0 Å². The Morgan fingerprint density at radius 3 is 2.83 bits per heavy atom. The molecule has 0 fully saturated rings. The number of H-pyrrole nitrogens is 1. The highest BCUT2D eigenvalue weighted by molar-refractivity contribution is 5.86. The van der Waals surface area contributed by atoms with Gasteiger partial charge >= 0.3 is 0 Å². The monoisotopic (exact) mass is 243 g/mol. The summed E-state index contributed by atoms with van der Waals surface area (Å²) in [5.41, 5.74) is -0.0770. The van der Waals surface area contributed by atoms with Crippen molar-refractivity contribution in [1.82, 2.24) is 4.98 Å². The summed E-state index contributed by atoms with van der Waals surface area (Å²) in [5.74, 6) is 0.741. The van der Waals surface area contributed by atoms with E-state index in [1.165, 1.54) is 0 Å². The van der Waals surface area contributed by atoms with Gasteiger partial charge in [-0.3, -0.25) is 4.79 Å². The van der Waals surface area contributed by atoms with Crippen molar-refractivity contribution in [3.63, 3.8) is 0 Å². The molecule has 1 heterocycles. The van der Waals surface area contributed by atoms with Crippen LogP contribution in [-0.2, 0) is 0 Å². The van der Waals surface area contributed by atoms with Gasteiger partial charge in [-0.15, -0.1) is 0 Å². The minimum Gasteiger partial charge on any atom is -0.491 e. The van der Waals surface area contributed by atoms with E-state index in [0.717, 1.165) is 24.0 Å². The lowest BCUT2D eigenvalue weighted by atomic mass is 10.1. The zero-order chi connectivity index (χ0) is 12.8. The Kier molecular flexibility index (Phi) is 4.18. The number of rotatable bonds is 5. The highest BCUT2D eigenvalue weighted by atomic mass is 16.5. The van der Waals surface area contributed by atoms with Crippen LogP contribution in [-0.4, -0.2) is 11.6 Å². The van der Waals surface area contributed by atoms with Crippen LogP contribution in [0.15, 0.2) is 47.4 Å². The summed E-state index contributed by atoms with van der Waals surface area (Å²) in [6.07, 6.45) is 7.78. The molecule has 0 amide bonds. The molecule has 94 valence electrons. The third-order valence-corrected chi connectivity index (χ3v) is 2.78. The maximum Gasteiger partial charge on any atom is 0.256 e. The summed E-state index contributed by atoms with van der Waals surface area (Å²) < 4.78 is 5.72. The van der Waals surface area contributed by atoms with Crippen molar-refractivity contribution in [1.29, 1.82) is 0 Å². The van der Waals surface area contributed by atoms with Gasteiger partial charge in [0.2, 0.25) is 0 Å². The van der Waals surface area contributed by atoms with Crippen molar-refractivity contribution in [2.24, 2.45) is 0 Å². The van der Waals surface area contributed by atoms with Crippen LogP contribution in [0.2, 0.25) is 0 Å². The Morgan fingerprint density at radius 2 is 2.06 bits per heavy atom. The topological polar surface area (TPSA) is 42.1 Å². The summed E-state index contributed by atoms with van der Waals surface area (Å²) in [7, 11) is 0. The molecule has 0 saturated heterocycles. The molecule has 0 aliphatic heterocycles. The zero-order valence-electron chi connectivity index (χ0n) is 10.5. The van der Waals surface area contributed by atoms with Crippen LogP contribution in [0.3, 0.4) is 0 Å². The Balaban J connectivity index is 2.14. The fourth-order valence-corrected chi connectivity index (χ4v) is 1.85. The van der Waals surface area contributed by atoms with Crippen LogP contribution < -0.4 is 10.3 Å². The predicted molar refractivity (Wildman–Crippen MR) is 74.1 cm³/mol. The smallest absolute Gasteiger partial charge is 0.256 e. The van der Waals surface area contributed by atoms with Gasteiger partial charge in [0.05, 0.1) is 12.0 Å². The van der Waals surface area contributed by atoms with E-state index in [4.69, 9.17) is 4.74 Å². The first-order valence-corrected chi connectivity index (χ1v) is 6.17. The molecule has 18 heavy (non-hydrogen) atoms. The molecule has 2 aromatic rings. The normalized spacial score (nSPS) is 11.2. The predicted octanol–water partition coefficient (Wildman–Crippen LogP) is 3.26. The highest BCUT2D eigenvalue weighted by Gasteiger charge is 2.04. The number of pyridine rings is 1. The van der Waals surface area contributed by atoms with Crippen molar-refractivity contribution < 1.29 is 4.74 Å². The van der Waals surface area contributed by atoms with E-state index in [0.29, 0.717) is 12.0 Å². The fourth-order valence-electron chi connectivity index (χ4n) is 1.85. The maximum absolute atomic E-state index is 11.6. The lowest BCUT2D eigenvalue weighted by molar-refractivity contribution is 0.314. The first-order valence-electron chi connectivity index (χ1n) is 6.17. The number of benzene rings is 1. The van der Waals surface area contributed by atoms with E-state index in [2.05, 4.69) is 11.1 Å². The number of aromatic amines is 1. The summed E-state index contributed by atoms with van der Waals surface area (Å²) in [6.45, 7) is 2.66. The van der Waals surface area contributed by atoms with Gasteiger partial charge in [-0.1, -0.05) is 30.4 Å². The van der Waals surface area contributed by atoms with E-state index in [9.17, 15) is 4.79 Å². The second-order valence-corrected chi connectivity index (χ2v) is 4.09. The van der Waals surface area contributed by atoms with Gasteiger partial charge in [-0.05, 0) is 25.8 Å². The van der Waals surface area contributed by atoms with Crippen LogP contribution in [0, 0.1) is 0 Å². The van der Waals surface area contributed by atoms with Crippen molar-refractivity contribution >= 4 is 10.8 Å². The lowest BCUT2D eigenvalue weighted by Crippen LogP contribution is -2.07. The molecule has 1 N–H and O–H groups in total. The van der Waals surface area contributed by atoms with E-state index in [1.54, 1.807) is 12.3 Å². The summed E-state index contributed by atoms with van der Waals surface area (Å²) in [5, 5.41) is 1.54. The van der Waals surface area contributed by atoms with Crippen molar-refractivity contribution in [3.8, 4) is 5.75 Å². The van der Waals surface area contributed by atoms with Gasteiger partial charge in [-0.25, -0.2) is 0 Å². The molecular formula is C15H17NO2. The molecule has 1 aromatic heterocycles. The summed E-state index contributed by atoms with van der Waals surface area (Å²) in [6, 6.07) is 7.48. The number of fused-ring (bicyclic) bond motifs is 1. The molecule has 2 rings (SSSR count). The standard InChI is InChI=1S/C15H17NO2/c1-2-3-4-7-10-18-14-11-16-15(17)13-9-6-5-8-12(13)14/h2-3,5-6,8-9,11H,4,7,10H2,1H3,(H,16,17)/b3-2+. The Labute approximate surface area is 106 Å². The van der Waals surface area contributed by atoms with E-state index in [1.807, 2.05) is 31.2 Å². The quantitative estimate of drug-likeness (QED) is 0.647. The molecule has 0 aliphatic rings. The number of hydrogen-bond acceptors (Lipinski definition) is 2. The number of hydrogen-bond donors (Lipinski definition) is 1. The van der Waals surface area contributed by atoms with Crippen LogP contribution in [0.5, 0.6) is 5.75 Å². The Bertz CT molecular complexity index is 599. The average Bonchev–Trinajstić information content (AvgIpc) is 2.41. The molecule has 0 bridgehead atoms. The minimum atomic E-state index is -0.0770. The van der Waals surface area contributed by atoms with Gasteiger partial charge < -0.3 is 9.72 Å². The number of unbranched alkanes of at least 4 members (excludes halogenated alkanes) is 1. The average molecular weight is 243 g/mol. The van der Waals surface area contributed by atoms with Crippen LogP contribution in [0.1, 0.15) is 19.8 Å². The molecule has 0 radical (unpaired) electrons. The molecule has 0 atom stereocenters. The van der Waals surface area contributed by atoms with E-state index >= 15 is 0 Å². The number of ether oxygens (including phenoxy) is 1. The Hall–Kier alpha value is -2.03. The van der Waals surface area contributed by atoms with Gasteiger partial charge in [0, 0.05) is 11.6 Å². The SMILES string of the molecule is C/C=C/CCCOc1c[nH]c(=O)c2ccccc12. The van der Waals surface area contributed by atoms with Gasteiger partial charge in [0.15, 0.2) is 0 Å². The molecule has 3 heteroatoms. The van der Waals surface area contributed by atoms with E-state index in [-0.39, 0.29) is 5.56 Å². The molecule has 1 aromatic carbocycles. The molecular weight excluding hydrogens is 226 g/mol. The van der Waals surface area contributed by atoms with E-state index < -0.39 is 0 Å². The Morgan fingerprint density at radius 1 is 1.28 bits per heavy atom. The molecule has 0 saturated carbocycles. The minimum absolute atomic E-state index is 0.0770. The molecule has 0 aliphatic carbocycles. The second-order valence-electron chi connectivity index (χ2n) is 4.09. The summed E-state index contributed by atoms with van der Waals surface area (Å²) >= 11 is 0. The summed E-state index contributed by atoms with van der Waals surface area (Å²) in [4.78, 5) is 14.3. The maximum atomic E-state index is 11.6. The first-order chi connectivity index (χ1) is 8.83. The lowest BCUT2D eigenvalue weighted by Gasteiger charge is -2.08. The van der Waals surface area contributed by atoms with Gasteiger partial charge in [-0.2, -0.15) is 0 Å².